The molecule has 1 aromatic carbocycles. The molecule has 6 nitrogen and oxygen atoms in total. The van der Waals surface area contributed by atoms with Gasteiger partial charge in [0.1, 0.15) is 16.4 Å². The van der Waals surface area contributed by atoms with Gasteiger partial charge >= 0.3 is 0 Å². The van der Waals surface area contributed by atoms with Gasteiger partial charge in [-0.3, -0.25) is 5.10 Å². The largest absolute Gasteiger partial charge is 0.497 e. The maximum absolute atomic E-state index is 12.4. The van der Waals surface area contributed by atoms with Gasteiger partial charge in [-0.05, 0) is 18.2 Å². The van der Waals surface area contributed by atoms with Crippen LogP contribution >= 0.6 is 0 Å². The number of methoxy groups -OCH3 is 2. The molecular weight excluding hydrogens is 268 g/mol. The van der Waals surface area contributed by atoms with Crippen molar-refractivity contribution in [1.29, 1.82) is 0 Å². The van der Waals surface area contributed by atoms with E-state index in [9.17, 15) is 8.42 Å². The predicted octanol–water partition coefficient (Wildman–Crippen LogP) is 1.40. The maximum atomic E-state index is 12.4. The van der Waals surface area contributed by atoms with E-state index >= 15 is 0 Å². The van der Waals surface area contributed by atoms with Crippen molar-refractivity contribution in [2.75, 3.05) is 14.2 Å². The van der Waals surface area contributed by atoms with Gasteiger partial charge in [-0.25, -0.2) is 8.42 Å². The minimum absolute atomic E-state index is 0.101. The number of hydrogen-bond donors (Lipinski definition) is 1. The Balaban J connectivity index is 2.43. The highest BCUT2D eigenvalue weighted by Gasteiger charge is 2.21. The Kier molecular flexibility index (Phi) is 3.75. The predicted molar refractivity (Wildman–Crippen MR) is 69.0 cm³/mol. The number of nitrogens with one attached hydrogen (secondary N) is 1. The molecule has 0 aliphatic heterocycles. The van der Waals surface area contributed by atoms with Crippen molar-refractivity contribution < 1.29 is 17.9 Å². The van der Waals surface area contributed by atoms with Crippen molar-refractivity contribution in [2.45, 2.75) is 10.6 Å². The minimum atomic E-state index is -3.53. The maximum Gasteiger partial charge on any atom is 0.187 e. The second kappa shape index (κ2) is 5.31. The Morgan fingerprint density at radius 1 is 1.21 bits per heavy atom. The Morgan fingerprint density at radius 3 is 2.58 bits per heavy atom. The van der Waals surface area contributed by atoms with Crippen molar-refractivity contribution in [1.82, 2.24) is 10.2 Å². The lowest BCUT2D eigenvalue weighted by Gasteiger charge is -2.10. The number of H-pyrrole nitrogens is 1. The van der Waals surface area contributed by atoms with E-state index in [2.05, 4.69) is 10.2 Å². The molecule has 1 aromatic heterocycles. The third-order valence-electron chi connectivity index (χ3n) is 2.61. The summed E-state index contributed by atoms with van der Waals surface area (Å²) in [7, 11) is -0.628. The smallest absolute Gasteiger partial charge is 0.187 e. The zero-order valence-corrected chi connectivity index (χ0v) is 11.4. The van der Waals surface area contributed by atoms with Crippen LogP contribution < -0.4 is 9.47 Å². The van der Waals surface area contributed by atoms with Crippen LogP contribution in [-0.2, 0) is 15.6 Å². The summed E-state index contributed by atoms with van der Waals surface area (Å²) < 4.78 is 34.9. The summed E-state index contributed by atoms with van der Waals surface area (Å²) in [6.45, 7) is 0. The first-order valence-electron chi connectivity index (χ1n) is 5.50. The second-order valence-corrected chi connectivity index (χ2v) is 5.82. The molecule has 102 valence electrons. The highest BCUT2D eigenvalue weighted by Crippen LogP contribution is 2.30. The molecule has 0 bridgehead atoms. The fourth-order valence-electron chi connectivity index (χ4n) is 1.67. The topological polar surface area (TPSA) is 81.3 Å². The number of benzene rings is 1. The summed E-state index contributed by atoms with van der Waals surface area (Å²) in [6.07, 6.45) is 1.51. The number of aromatic amines is 1. The van der Waals surface area contributed by atoms with E-state index in [1.54, 1.807) is 18.2 Å². The quantitative estimate of drug-likeness (QED) is 0.896. The Morgan fingerprint density at radius 2 is 2.00 bits per heavy atom. The summed E-state index contributed by atoms with van der Waals surface area (Å²) in [6, 6.07) is 6.28. The van der Waals surface area contributed by atoms with Crippen LogP contribution in [0.1, 0.15) is 5.69 Å². The number of ether oxygens (including phenoxy) is 2. The molecule has 0 amide bonds. The Bertz CT molecular complexity index is 650. The van der Waals surface area contributed by atoms with Gasteiger partial charge in [0.25, 0.3) is 0 Å². The van der Waals surface area contributed by atoms with Crippen molar-refractivity contribution in [3.8, 4) is 11.5 Å². The lowest BCUT2D eigenvalue weighted by Crippen LogP contribution is -2.07. The first kappa shape index (κ1) is 13.4. The molecule has 0 atom stereocenters. The van der Waals surface area contributed by atoms with Crippen molar-refractivity contribution in [3.63, 3.8) is 0 Å². The zero-order valence-electron chi connectivity index (χ0n) is 10.6. The van der Waals surface area contributed by atoms with E-state index in [-0.39, 0.29) is 10.6 Å². The molecule has 0 aliphatic rings. The van der Waals surface area contributed by atoms with Crippen molar-refractivity contribution >= 4 is 9.84 Å². The SMILES string of the molecule is COc1ccc(OC)c(S(=O)(=O)Cc2ccn[nH]2)c1. The van der Waals surface area contributed by atoms with E-state index in [1.165, 1.54) is 26.5 Å². The van der Waals surface area contributed by atoms with Gasteiger partial charge in [0.15, 0.2) is 9.84 Å². The molecule has 2 rings (SSSR count). The van der Waals surface area contributed by atoms with Crippen LogP contribution in [0, 0.1) is 0 Å². The van der Waals surface area contributed by atoms with Crippen LogP contribution in [0.25, 0.3) is 0 Å². The molecule has 19 heavy (non-hydrogen) atoms. The highest BCUT2D eigenvalue weighted by atomic mass is 32.2. The summed E-state index contributed by atoms with van der Waals surface area (Å²) in [5.41, 5.74) is 0.518. The van der Waals surface area contributed by atoms with Crippen LogP contribution in [0.15, 0.2) is 35.4 Å². The third kappa shape index (κ3) is 2.87. The fraction of sp³-hybridized carbons (Fsp3) is 0.250. The first-order chi connectivity index (χ1) is 9.06. The van der Waals surface area contributed by atoms with Gasteiger partial charge < -0.3 is 9.47 Å². The fourth-order valence-corrected chi connectivity index (χ4v) is 3.15. The molecule has 7 heteroatoms. The molecule has 0 saturated carbocycles. The lowest BCUT2D eigenvalue weighted by atomic mass is 10.3. The van der Waals surface area contributed by atoms with E-state index in [0.29, 0.717) is 17.2 Å². The molecule has 0 saturated heterocycles. The normalized spacial score (nSPS) is 11.3. The van der Waals surface area contributed by atoms with E-state index in [1.807, 2.05) is 0 Å². The molecule has 0 fully saturated rings. The average molecular weight is 282 g/mol. The summed E-state index contributed by atoms with van der Waals surface area (Å²) in [5.74, 6) is 0.584. The molecular formula is C12H14N2O4S. The number of nitrogens with zero attached hydrogens (tertiary/aromatic N) is 1. The van der Waals surface area contributed by atoms with Gasteiger partial charge in [-0.1, -0.05) is 0 Å². The minimum Gasteiger partial charge on any atom is -0.497 e. The van der Waals surface area contributed by atoms with E-state index < -0.39 is 9.84 Å². The number of hydrogen-bond acceptors (Lipinski definition) is 5. The summed E-state index contributed by atoms with van der Waals surface area (Å²) in [4.78, 5) is 0.101. The molecule has 2 aromatic rings. The van der Waals surface area contributed by atoms with Crippen LogP contribution in [0.4, 0.5) is 0 Å². The van der Waals surface area contributed by atoms with Gasteiger partial charge in [0.2, 0.25) is 0 Å². The third-order valence-corrected chi connectivity index (χ3v) is 4.29. The Labute approximate surface area is 111 Å². The highest BCUT2D eigenvalue weighted by molar-refractivity contribution is 7.90. The lowest BCUT2D eigenvalue weighted by molar-refractivity contribution is 0.392. The molecule has 0 aliphatic carbocycles. The van der Waals surface area contributed by atoms with E-state index in [0.717, 1.165) is 0 Å². The van der Waals surface area contributed by atoms with Crippen LogP contribution in [0.2, 0.25) is 0 Å². The first-order valence-corrected chi connectivity index (χ1v) is 7.15. The monoisotopic (exact) mass is 282 g/mol. The van der Waals surface area contributed by atoms with Gasteiger partial charge in [0, 0.05) is 12.3 Å². The molecule has 1 N–H and O–H groups in total. The Hall–Kier alpha value is -2.02. The van der Waals surface area contributed by atoms with Crippen molar-refractivity contribution in [3.05, 3.63) is 36.2 Å². The van der Waals surface area contributed by atoms with Gasteiger partial charge in [-0.15, -0.1) is 0 Å². The zero-order chi connectivity index (χ0) is 13.9. The number of sulfone groups is 1. The summed E-state index contributed by atoms with van der Waals surface area (Å²) >= 11 is 0. The number of aromatic nitrogens is 2. The number of rotatable bonds is 5. The van der Waals surface area contributed by atoms with Crippen molar-refractivity contribution in [2.24, 2.45) is 0 Å². The standard InChI is InChI=1S/C12H14N2O4S/c1-17-10-3-4-11(18-2)12(7-10)19(15,16)8-9-5-6-13-14-9/h3-7H,8H2,1-2H3,(H,13,14). The second-order valence-electron chi connectivity index (χ2n) is 3.86. The summed E-state index contributed by atoms with van der Waals surface area (Å²) in [5, 5.41) is 6.36. The van der Waals surface area contributed by atoms with Crippen LogP contribution in [0.3, 0.4) is 0 Å². The van der Waals surface area contributed by atoms with E-state index in [4.69, 9.17) is 9.47 Å². The molecule has 0 spiro atoms. The van der Waals surface area contributed by atoms with Gasteiger partial charge in [0.05, 0.1) is 25.7 Å². The average Bonchev–Trinajstić information content (AvgIpc) is 2.90. The molecule has 0 unspecified atom stereocenters. The molecule has 1 heterocycles. The molecule has 0 radical (unpaired) electrons. The van der Waals surface area contributed by atoms with Crippen LogP contribution in [-0.4, -0.2) is 32.8 Å². The van der Waals surface area contributed by atoms with Crippen LogP contribution in [0.5, 0.6) is 11.5 Å². The van der Waals surface area contributed by atoms with Gasteiger partial charge in [-0.2, -0.15) is 5.10 Å².